The predicted molar refractivity (Wildman–Crippen MR) is 60.5 cm³/mol. The van der Waals surface area contributed by atoms with Crippen LogP contribution in [0, 0.1) is 5.92 Å². The van der Waals surface area contributed by atoms with E-state index in [2.05, 4.69) is 35.2 Å². The van der Waals surface area contributed by atoms with Crippen LogP contribution < -0.4 is 11.3 Å². The van der Waals surface area contributed by atoms with Gasteiger partial charge in [0.2, 0.25) is 0 Å². The third kappa shape index (κ3) is 2.38. The average molecular weight is 261 g/mol. The maximum absolute atomic E-state index is 5.57. The molecule has 0 bridgehead atoms. The van der Waals surface area contributed by atoms with Crippen molar-refractivity contribution in [3.05, 3.63) is 22.6 Å². The molecule has 1 atom stereocenters. The number of rotatable bonds is 5. The van der Waals surface area contributed by atoms with Crippen LogP contribution in [0.5, 0.6) is 0 Å². The summed E-state index contributed by atoms with van der Waals surface area (Å²) in [5, 5.41) is 0. The van der Waals surface area contributed by atoms with Crippen molar-refractivity contribution in [2.45, 2.75) is 32.7 Å². The van der Waals surface area contributed by atoms with Gasteiger partial charge in [0, 0.05) is 5.56 Å². The lowest BCUT2D eigenvalue weighted by molar-refractivity contribution is 0.341. The normalized spacial score (nSPS) is 13.5. The molecule has 0 fully saturated rings. The molecule has 0 amide bonds. The van der Waals surface area contributed by atoms with Gasteiger partial charge in [-0.1, -0.05) is 26.7 Å². The molecule has 1 rings (SSSR count). The Bertz CT molecular complexity index is 271. The van der Waals surface area contributed by atoms with Gasteiger partial charge in [-0.2, -0.15) is 0 Å². The number of hydrazine groups is 1. The molecule has 0 aliphatic carbocycles. The molecule has 0 aromatic carbocycles. The number of furan rings is 1. The van der Waals surface area contributed by atoms with Crippen molar-refractivity contribution in [3.8, 4) is 0 Å². The first-order valence-electron chi connectivity index (χ1n) is 4.93. The molecule has 80 valence electrons. The quantitative estimate of drug-likeness (QED) is 0.632. The van der Waals surface area contributed by atoms with E-state index in [0.717, 1.165) is 23.1 Å². The van der Waals surface area contributed by atoms with E-state index in [1.165, 1.54) is 0 Å². The van der Waals surface area contributed by atoms with Crippen LogP contribution in [-0.2, 0) is 0 Å². The Labute approximate surface area is 93.1 Å². The standard InChI is InChI=1S/C10H17BrN2O/c1-3-7(4-2)9(13-12)8-5-6-14-10(8)11/h5-7,9,13H,3-4,12H2,1-2H3. The largest absolute Gasteiger partial charge is 0.457 e. The zero-order valence-corrected chi connectivity index (χ0v) is 10.2. The van der Waals surface area contributed by atoms with Crippen molar-refractivity contribution in [3.63, 3.8) is 0 Å². The van der Waals surface area contributed by atoms with Crippen LogP contribution >= 0.6 is 15.9 Å². The van der Waals surface area contributed by atoms with Crippen molar-refractivity contribution in [1.29, 1.82) is 0 Å². The minimum absolute atomic E-state index is 0.165. The Hall–Kier alpha value is -0.320. The smallest absolute Gasteiger partial charge is 0.173 e. The second-order valence-electron chi connectivity index (χ2n) is 3.37. The highest BCUT2D eigenvalue weighted by Gasteiger charge is 2.22. The van der Waals surface area contributed by atoms with E-state index in [4.69, 9.17) is 10.3 Å². The maximum atomic E-state index is 5.57. The fourth-order valence-corrected chi connectivity index (χ4v) is 2.25. The van der Waals surface area contributed by atoms with Gasteiger partial charge in [0.1, 0.15) is 0 Å². The van der Waals surface area contributed by atoms with Crippen LogP contribution in [0.2, 0.25) is 0 Å². The number of hydrogen-bond acceptors (Lipinski definition) is 3. The van der Waals surface area contributed by atoms with Crippen molar-refractivity contribution in [2.75, 3.05) is 0 Å². The van der Waals surface area contributed by atoms with E-state index in [0.29, 0.717) is 5.92 Å². The molecular formula is C10H17BrN2O. The summed E-state index contributed by atoms with van der Waals surface area (Å²) in [6.07, 6.45) is 3.87. The highest BCUT2D eigenvalue weighted by Crippen LogP contribution is 2.32. The van der Waals surface area contributed by atoms with Crippen LogP contribution in [0.25, 0.3) is 0 Å². The molecular weight excluding hydrogens is 244 g/mol. The number of nitrogens with two attached hydrogens (primary N) is 1. The Morgan fingerprint density at radius 1 is 1.50 bits per heavy atom. The van der Waals surface area contributed by atoms with Crippen molar-refractivity contribution < 1.29 is 4.42 Å². The Balaban J connectivity index is 2.86. The highest BCUT2D eigenvalue weighted by atomic mass is 79.9. The van der Waals surface area contributed by atoms with Crippen LogP contribution in [-0.4, -0.2) is 0 Å². The number of halogens is 1. The van der Waals surface area contributed by atoms with Crippen LogP contribution in [0.3, 0.4) is 0 Å². The second-order valence-corrected chi connectivity index (χ2v) is 4.09. The fraction of sp³-hybridized carbons (Fsp3) is 0.600. The molecule has 0 saturated carbocycles. The highest BCUT2D eigenvalue weighted by molar-refractivity contribution is 9.10. The summed E-state index contributed by atoms with van der Waals surface area (Å²) in [5.41, 5.74) is 3.96. The molecule has 0 saturated heterocycles. The first-order valence-corrected chi connectivity index (χ1v) is 5.72. The minimum atomic E-state index is 0.165. The SMILES string of the molecule is CCC(CC)C(NN)c1ccoc1Br. The molecule has 3 N–H and O–H groups in total. The van der Waals surface area contributed by atoms with Gasteiger partial charge in [-0.3, -0.25) is 11.3 Å². The zero-order chi connectivity index (χ0) is 10.6. The van der Waals surface area contributed by atoms with E-state index in [-0.39, 0.29) is 6.04 Å². The molecule has 14 heavy (non-hydrogen) atoms. The third-order valence-electron chi connectivity index (χ3n) is 2.68. The van der Waals surface area contributed by atoms with Crippen LogP contribution in [0.1, 0.15) is 38.3 Å². The van der Waals surface area contributed by atoms with E-state index in [9.17, 15) is 0 Å². The van der Waals surface area contributed by atoms with Gasteiger partial charge in [0.25, 0.3) is 0 Å². The van der Waals surface area contributed by atoms with Gasteiger partial charge < -0.3 is 4.42 Å². The predicted octanol–water partition coefficient (Wildman–Crippen LogP) is 2.98. The first-order chi connectivity index (χ1) is 6.74. The summed E-state index contributed by atoms with van der Waals surface area (Å²) in [6, 6.07) is 2.12. The van der Waals surface area contributed by atoms with Gasteiger partial charge in [0.15, 0.2) is 4.67 Å². The van der Waals surface area contributed by atoms with Crippen molar-refractivity contribution in [1.82, 2.24) is 5.43 Å². The van der Waals surface area contributed by atoms with E-state index in [1.54, 1.807) is 6.26 Å². The summed E-state index contributed by atoms with van der Waals surface area (Å²) in [7, 11) is 0. The van der Waals surface area contributed by atoms with Gasteiger partial charge in [-0.25, -0.2) is 0 Å². The molecule has 0 aliphatic rings. The summed E-state index contributed by atoms with van der Waals surface area (Å²) in [6.45, 7) is 4.35. The minimum Gasteiger partial charge on any atom is -0.457 e. The van der Waals surface area contributed by atoms with Gasteiger partial charge in [-0.05, 0) is 27.9 Å². The number of hydrogen-bond donors (Lipinski definition) is 2. The van der Waals surface area contributed by atoms with Gasteiger partial charge in [0.05, 0.1) is 12.3 Å². The van der Waals surface area contributed by atoms with E-state index in [1.807, 2.05) is 6.07 Å². The lowest BCUT2D eigenvalue weighted by atomic mass is 9.91. The molecule has 1 aromatic rings. The summed E-state index contributed by atoms with van der Waals surface area (Å²) < 4.78 is 5.98. The monoisotopic (exact) mass is 260 g/mol. The first kappa shape index (κ1) is 11.8. The van der Waals surface area contributed by atoms with Crippen molar-refractivity contribution in [2.24, 2.45) is 11.8 Å². The molecule has 3 nitrogen and oxygen atoms in total. The molecule has 0 aliphatic heterocycles. The van der Waals surface area contributed by atoms with E-state index >= 15 is 0 Å². The molecule has 0 radical (unpaired) electrons. The molecule has 0 spiro atoms. The average Bonchev–Trinajstić information content (AvgIpc) is 2.61. The Kier molecular flexibility index (Phi) is 4.65. The Morgan fingerprint density at radius 3 is 2.50 bits per heavy atom. The molecule has 1 unspecified atom stereocenters. The van der Waals surface area contributed by atoms with Crippen LogP contribution in [0.15, 0.2) is 21.4 Å². The molecule has 1 heterocycles. The lowest BCUT2D eigenvalue weighted by Gasteiger charge is -2.23. The van der Waals surface area contributed by atoms with Gasteiger partial charge >= 0.3 is 0 Å². The van der Waals surface area contributed by atoms with Crippen molar-refractivity contribution >= 4 is 15.9 Å². The molecule has 1 aromatic heterocycles. The fourth-order valence-electron chi connectivity index (χ4n) is 1.77. The summed E-state index contributed by atoms with van der Waals surface area (Å²) >= 11 is 3.37. The van der Waals surface area contributed by atoms with E-state index < -0.39 is 0 Å². The zero-order valence-electron chi connectivity index (χ0n) is 8.59. The summed E-state index contributed by atoms with van der Waals surface area (Å²) in [5.74, 6) is 6.11. The Morgan fingerprint density at radius 2 is 2.14 bits per heavy atom. The number of nitrogens with one attached hydrogen (secondary N) is 1. The van der Waals surface area contributed by atoms with Gasteiger partial charge in [-0.15, -0.1) is 0 Å². The maximum Gasteiger partial charge on any atom is 0.173 e. The van der Waals surface area contributed by atoms with Crippen LogP contribution in [0.4, 0.5) is 0 Å². The second kappa shape index (κ2) is 5.53. The summed E-state index contributed by atoms with van der Waals surface area (Å²) in [4.78, 5) is 0. The topological polar surface area (TPSA) is 51.2 Å². The molecule has 4 heteroatoms. The lowest BCUT2D eigenvalue weighted by Crippen LogP contribution is -2.33. The third-order valence-corrected chi connectivity index (χ3v) is 3.33.